The van der Waals surface area contributed by atoms with Crippen molar-refractivity contribution in [2.75, 3.05) is 33.3 Å². The Morgan fingerprint density at radius 3 is 3.00 bits per heavy atom. The Labute approximate surface area is 110 Å². The number of methoxy groups -OCH3 is 1. The molecule has 2 rings (SSSR count). The van der Waals surface area contributed by atoms with Gasteiger partial charge in [0.25, 0.3) is 0 Å². The third kappa shape index (κ3) is 3.47. The fourth-order valence-electron chi connectivity index (χ4n) is 2.57. The minimum absolute atomic E-state index is 0.676. The Kier molecular flexibility index (Phi) is 5.02. The molecule has 0 spiro atoms. The fourth-order valence-corrected chi connectivity index (χ4v) is 2.57. The molecule has 1 fully saturated rings. The molecule has 0 bridgehead atoms. The first kappa shape index (κ1) is 13.4. The smallest absolute Gasteiger partial charge is 0.122 e. The van der Waals surface area contributed by atoms with Crippen molar-refractivity contribution in [2.24, 2.45) is 0 Å². The molecular formula is C15H24N2O. The van der Waals surface area contributed by atoms with Crippen LogP contribution in [-0.4, -0.2) is 44.2 Å². The number of ether oxygens (including phenoxy) is 1. The van der Waals surface area contributed by atoms with E-state index in [1.54, 1.807) is 7.11 Å². The van der Waals surface area contributed by atoms with Gasteiger partial charge in [0.1, 0.15) is 5.75 Å². The molecular weight excluding hydrogens is 224 g/mol. The molecule has 1 saturated heterocycles. The Morgan fingerprint density at radius 1 is 1.33 bits per heavy atom. The van der Waals surface area contributed by atoms with E-state index >= 15 is 0 Å². The van der Waals surface area contributed by atoms with Crippen molar-refractivity contribution >= 4 is 0 Å². The molecule has 1 unspecified atom stereocenters. The van der Waals surface area contributed by atoms with Crippen LogP contribution in [0.4, 0.5) is 0 Å². The standard InChI is InChI=1S/C15H24N2O/c1-13-7-9-16-10-12-17(13)11-8-14-5-3-4-6-15(14)18-2/h3-6,13,16H,7-12H2,1-2H3. The predicted molar refractivity (Wildman–Crippen MR) is 75.2 cm³/mol. The van der Waals surface area contributed by atoms with Gasteiger partial charge in [-0.15, -0.1) is 0 Å². The van der Waals surface area contributed by atoms with Crippen LogP contribution in [0.2, 0.25) is 0 Å². The first-order valence-electron chi connectivity index (χ1n) is 6.88. The van der Waals surface area contributed by atoms with Crippen LogP contribution in [0.1, 0.15) is 18.9 Å². The Balaban J connectivity index is 1.93. The number of hydrogen-bond acceptors (Lipinski definition) is 3. The Hall–Kier alpha value is -1.06. The van der Waals surface area contributed by atoms with E-state index in [1.807, 2.05) is 12.1 Å². The molecule has 3 nitrogen and oxygen atoms in total. The predicted octanol–water partition coefficient (Wildman–Crippen LogP) is 1.92. The summed E-state index contributed by atoms with van der Waals surface area (Å²) in [5.41, 5.74) is 1.31. The molecule has 1 heterocycles. The van der Waals surface area contributed by atoms with E-state index in [0.29, 0.717) is 6.04 Å². The molecule has 1 atom stereocenters. The number of nitrogens with one attached hydrogen (secondary N) is 1. The zero-order chi connectivity index (χ0) is 12.8. The summed E-state index contributed by atoms with van der Waals surface area (Å²) < 4.78 is 5.41. The topological polar surface area (TPSA) is 24.5 Å². The maximum Gasteiger partial charge on any atom is 0.122 e. The van der Waals surface area contributed by atoms with E-state index < -0.39 is 0 Å². The number of nitrogens with zero attached hydrogens (tertiary/aromatic N) is 1. The molecule has 0 aromatic heterocycles. The average molecular weight is 248 g/mol. The monoisotopic (exact) mass is 248 g/mol. The average Bonchev–Trinajstić information content (AvgIpc) is 2.61. The first-order valence-corrected chi connectivity index (χ1v) is 6.88. The zero-order valence-electron chi connectivity index (χ0n) is 11.5. The van der Waals surface area contributed by atoms with Gasteiger partial charge in [-0.2, -0.15) is 0 Å². The quantitative estimate of drug-likeness (QED) is 0.881. The minimum Gasteiger partial charge on any atom is -0.496 e. The molecule has 3 heteroatoms. The lowest BCUT2D eigenvalue weighted by Crippen LogP contribution is -2.35. The van der Waals surface area contributed by atoms with E-state index in [9.17, 15) is 0 Å². The molecule has 0 aliphatic carbocycles. The zero-order valence-corrected chi connectivity index (χ0v) is 11.5. The van der Waals surface area contributed by atoms with Crippen LogP contribution in [0.3, 0.4) is 0 Å². The molecule has 1 N–H and O–H groups in total. The summed E-state index contributed by atoms with van der Waals surface area (Å²) in [7, 11) is 1.75. The van der Waals surface area contributed by atoms with Gasteiger partial charge in [-0.05, 0) is 37.9 Å². The van der Waals surface area contributed by atoms with Crippen molar-refractivity contribution in [1.82, 2.24) is 10.2 Å². The van der Waals surface area contributed by atoms with E-state index in [4.69, 9.17) is 4.74 Å². The molecule has 1 aliphatic rings. The van der Waals surface area contributed by atoms with Gasteiger partial charge in [-0.3, -0.25) is 4.90 Å². The third-order valence-electron chi connectivity index (χ3n) is 3.80. The van der Waals surface area contributed by atoms with Crippen molar-refractivity contribution < 1.29 is 4.74 Å². The summed E-state index contributed by atoms with van der Waals surface area (Å²) >= 11 is 0. The van der Waals surface area contributed by atoms with Crippen molar-refractivity contribution in [2.45, 2.75) is 25.8 Å². The SMILES string of the molecule is COc1ccccc1CCN1CCNCCC1C. The highest BCUT2D eigenvalue weighted by Crippen LogP contribution is 2.18. The van der Waals surface area contributed by atoms with Crippen LogP contribution in [-0.2, 0) is 6.42 Å². The number of benzene rings is 1. The van der Waals surface area contributed by atoms with Gasteiger partial charge in [-0.1, -0.05) is 18.2 Å². The van der Waals surface area contributed by atoms with Crippen LogP contribution >= 0.6 is 0 Å². The number of para-hydroxylation sites is 1. The van der Waals surface area contributed by atoms with Gasteiger partial charge in [0.05, 0.1) is 7.11 Å². The molecule has 1 aliphatic heterocycles. The molecule has 18 heavy (non-hydrogen) atoms. The van der Waals surface area contributed by atoms with Crippen molar-refractivity contribution in [3.8, 4) is 5.75 Å². The van der Waals surface area contributed by atoms with Gasteiger partial charge >= 0.3 is 0 Å². The largest absolute Gasteiger partial charge is 0.496 e. The second kappa shape index (κ2) is 6.76. The summed E-state index contributed by atoms with van der Waals surface area (Å²) in [6.45, 7) is 6.84. The fraction of sp³-hybridized carbons (Fsp3) is 0.600. The van der Waals surface area contributed by atoms with Crippen LogP contribution in [0.5, 0.6) is 5.75 Å². The highest BCUT2D eigenvalue weighted by atomic mass is 16.5. The van der Waals surface area contributed by atoms with Crippen molar-refractivity contribution in [1.29, 1.82) is 0 Å². The Morgan fingerprint density at radius 2 is 2.17 bits per heavy atom. The van der Waals surface area contributed by atoms with Crippen LogP contribution in [0.25, 0.3) is 0 Å². The third-order valence-corrected chi connectivity index (χ3v) is 3.80. The maximum absolute atomic E-state index is 5.41. The van der Waals surface area contributed by atoms with Gasteiger partial charge in [0.2, 0.25) is 0 Å². The summed E-state index contributed by atoms with van der Waals surface area (Å²) in [4.78, 5) is 2.58. The van der Waals surface area contributed by atoms with E-state index in [-0.39, 0.29) is 0 Å². The minimum atomic E-state index is 0.676. The van der Waals surface area contributed by atoms with Gasteiger partial charge in [0, 0.05) is 25.7 Å². The summed E-state index contributed by atoms with van der Waals surface area (Å²) in [6.07, 6.45) is 2.31. The lowest BCUT2D eigenvalue weighted by molar-refractivity contribution is 0.222. The second-order valence-electron chi connectivity index (χ2n) is 4.99. The van der Waals surface area contributed by atoms with Gasteiger partial charge in [0.15, 0.2) is 0 Å². The van der Waals surface area contributed by atoms with Crippen molar-refractivity contribution in [3.63, 3.8) is 0 Å². The molecule has 0 radical (unpaired) electrons. The molecule has 100 valence electrons. The number of hydrogen-bond donors (Lipinski definition) is 1. The summed E-state index contributed by atoms with van der Waals surface area (Å²) in [5, 5.41) is 3.46. The highest BCUT2D eigenvalue weighted by molar-refractivity contribution is 5.33. The molecule has 1 aromatic carbocycles. The van der Waals surface area contributed by atoms with Gasteiger partial charge in [-0.25, -0.2) is 0 Å². The lowest BCUT2D eigenvalue weighted by atomic mass is 10.1. The normalized spacial score (nSPS) is 21.6. The Bertz CT molecular complexity index is 367. The van der Waals surface area contributed by atoms with Crippen molar-refractivity contribution in [3.05, 3.63) is 29.8 Å². The van der Waals surface area contributed by atoms with Crippen LogP contribution < -0.4 is 10.1 Å². The molecule has 0 saturated carbocycles. The van der Waals surface area contributed by atoms with E-state index in [1.165, 1.54) is 12.0 Å². The van der Waals surface area contributed by atoms with E-state index in [2.05, 4.69) is 29.3 Å². The summed E-state index contributed by atoms with van der Waals surface area (Å²) in [6, 6.07) is 9.00. The first-order chi connectivity index (χ1) is 8.81. The maximum atomic E-state index is 5.41. The van der Waals surface area contributed by atoms with E-state index in [0.717, 1.165) is 38.3 Å². The second-order valence-corrected chi connectivity index (χ2v) is 4.99. The molecule has 0 amide bonds. The van der Waals surface area contributed by atoms with Crippen LogP contribution in [0.15, 0.2) is 24.3 Å². The lowest BCUT2D eigenvalue weighted by Gasteiger charge is -2.26. The number of rotatable bonds is 4. The van der Waals surface area contributed by atoms with Crippen LogP contribution in [0, 0.1) is 0 Å². The highest BCUT2D eigenvalue weighted by Gasteiger charge is 2.16. The van der Waals surface area contributed by atoms with Gasteiger partial charge < -0.3 is 10.1 Å². The molecule has 1 aromatic rings. The summed E-state index contributed by atoms with van der Waals surface area (Å²) in [5.74, 6) is 1.01.